The number of alkyl halides is 2. The smallest absolute Gasteiger partial charge is 0.387 e. The Morgan fingerprint density at radius 3 is 2.77 bits per heavy atom. The molecule has 9 heteroatoms. The third kappa shape index (κ3) is 6.35. The van der Waals surface area contributed by atoms with Gasteiger partial charge in [0.15, 0.2) is 17.5 Å². The molecular weight excluding hydrogens is 394 g/mol. The van der Waals surface area contributed by atoms with Gasteiger partial charge < -0.3 is 29.7 Å². The lowest BCUT2D eigenvalue weighted by Crippen LogP contribution is -2.39. The summed E-state index contributed by atoms with van der Waals surface area (Å²) >= 11 is 0. The summed E-state index contributed by atoms with van der Waals surface area (Å²) in [6.45, 7) is 2.86. The van der Waals surface area contributed by atoms with E-state index >= 15 is 0 Å². The van der Waals surface area contributed by atoms with Crippen molar-refractivity contribution >= 4 is 5.96 Å². The van der Waals surface area contributed by atoms with Gasteiger partial charge in [-0.3, -0.25) is 4.99 Å². The second-order valence-electron chi connectivity index (χ2n) is 7.63. The van der Waals surface area contributed by atoms with Crippen LogP contribution in [0.5, 0.6) is 17.2 Å². The van der Waals surface area contributed by atoms with Gasteiger partial charge in [-0.25, -0.2) is 0 Å². The van der Waals surface area contributed by atoms with Gasteiger partial charge in [-0.15, -0.1) is 0 Å². The van der Waals surface area contributed by atoms with Gasteiger partial charge in [0.1, 0.15) is 5.75 Å². The topological polar surface area (TPSA) is 67.4 Å². The lowest BCUT2D eigenvalue weighted by Gasteiger charge is -2.33. The zero-order valence-corrected chi connectivity index (χ0v) is 17.8. The molecule has 0 aromatic heterocycles. The number of rotatable bonds is 9. The number of ether oxygens (including phenoxy) is 3. The molecule has 1 saturated heterocycles. The monoisotopic (exact) mass is 426 g/mol. The van der Waals surface area contributed by atoms with Crippen molar-refractivity contribution in [2.75, 3.05) is 33.5 Å². The van der Waals surface area contributed by atoms with Crippen molar-refractivity contribution in [2.45, 2.75) is 58.2 Å². The summed E-state index contributed by atoms with van der Waals surface area (Å²) in [7, 11) is 1.68. The molecule has 0 bridgehead atoms. The lowest BCUT2D eigenvalue weighted by molar-refractivity contribution is -0.0505. The molecule has 2 N–H and O–H groups in total. The van der Waals surface area contributed by atoms with E-state index < -0.39 is 6.61 Å². The number of hydrogen-bond acceptors (Lipinski definition) is 5. The van der Waals surface area contributed by atoms with Crippen molar-refractivity contribution in [2.24, 2.45) is 4.99 Å². The summed E-state index contributed by atoms with van der Waals surface area (Å²) in [6, 6.07) is 3.77. The van der Waals surface area contributed by atoms with E-state index in [-0.39, 0.29) is 19.1 Å². The van der Waals surface area contributed by atoms with Crippen molar-refractivity contribution in [3.05, 3.63) is 17.7 Å². The molecule has 1 unspecified atom stereocenters. The molecule has 2 heterocycles. The van der Waals surface area contributed by atoms with Crippen LogP contribution in [0.1, 0.15) is 44.6 Å². The lowest BCUT2D eigenvalue weighted by atomic mass is 10.0. The average Bonchev–Trinajstić information content (AvgIpc) is 3.18. The maximum Gasteiger partial charge on any atom is 0.387 e. The number of benzene rings is 1. The Bertz CT molecular complexity index is 718. The van der Waals surface area contributed by atoms with Gasteiger partial charge in [0.2, 0.25) is 6.79 Å². The van der Waals surface area contributed by atoms with Crippen LogP contribution in [-0.2, 0) is 6.54 Å². The molecule has 0 aliphatic carbocycles. The molecule has 2 aliphatic heterocycles. The van der Waals surface area contributed by atoms with E-state index in [1.54, 1.807) is 13.1 Å². The van der Waals surface area contributed by atoms with Crippen molar-refractivity contribution in [1.29, 1.82) is 0 Å². The van der Waals surface area contributed by atoms with Crippen molar-refractivity contribution < 1.29 is 23.0 Å². The van der Waals surface area contributed by atoms with Crippen LogP contribution >= 0.6 is 0 Å². The minimum absolute atomic E-state index is 0.0628. The second kappa shape index (κ2) is 11.2. The fourth-order valence-electron chi connectivity index (χ4n) is 3.85. The first-order valence-corrected chi connectivity index (χ1v) is 10.6. The molecule has 168 valence electrons. The Kier molecular flexibility index (Phi) is 8.36. The van der Waals surface area contributed by atoms with Gasteiger partial charge in [0.25, 0.3) is 0 Å². The summed E-state index contributed by atoms with van der Waals surface area (Å²) in [5, 5.41) is 6.42. The zero-order valence-electron chi connectivity index (χ0n) is 17.8. The van der Waals surface area contributed by atoms with Crippen LogP contribution in [0.15, 0.2) is 17.1 Å². The van der Waals surface area contributed by atoms with Crippen molar-refractivity contribution in [3.8, 4) is 17.2 Å². The van der Waals surface area contributed by atoms with E-state index in [2.05, 4.69) is 32.2 Å². The maximum absolute atomic E-state index is 12.8. The molecule has 1 aromatic carbocycles. The van der Waals surface area contributed by atoms with Gasteiger partial charge in [-0.1, -0.05) is 6.42 Å². The highest BCUT2D eigenvalue weighted by Gasteiger charge is 2.20. The Morgan fingerprint density at radius 1 is 1.23 bits per heavy atom. The predicted molar refractivity (Wildman–Crippen MR) is 112 cm³/mol. The first-order chi connectivity index (χ1) is 14.6. The number of fused-ring (bicyclic) bond motifs is 1. The summed E-state index contributed by atoms with van der Waals surface area (Å²) in [5.74, 6) is 1.60. The Labute approximate surface area is 176 Å². The van der Waals surface area contributed by atoms with Crippen LogP contribution in [0.2, 0.25) is 0 Å². The summed E-state index contributed by atoms with van der Waals surface area (Å²) in [4.78, 5) is 6.78. The highest BCUT2D eigenvalue weighted by Crippen LogP contribution is 2.38. The Morgan fingerprint density at radius 2 is 2.03 bits per heavy atom. The van der Waals surface area contributed by atoms with Gasteiger partial charge in [0.05, 0.1) is 0 Å². The van der Waals surface area contributed by atoms with E-state index in [1.165, 1.54) is 31.9 Å². The number of unbranched alkanes of at least 4 members (excludes halogenated alkanes) is 1. The molecule has 1 aromatic rings. The number of piperidine rings is 1. The normalized spacial score (nSPS) is 19.2. The molecule has 3 rings (SSSR count). The van der Waals surface area contributed by atoms with Crippen LogP contribution < -0.4 is 24.8 Å². The second-order valence-corrected chi connectivity index (χ2v) is 7.63. The predicted octanol–water partition coefficient (Wildman–Crippen LogP) is 3.34. The highest BCUT2D eigenvalue weighted by molar-refractivity contribution is 5.79. The summed E-state index contributed by atoms with van der Waals surface area (Å²) < 4.78 is 40.7. The number of halogens is 2. The average molecular weight is 427 g/mol. The number of nitrogens with one attached hydrogen (secondary N) is 2. The standard InChI is InChI=1S/C21H32F2N4O3/c1-15-7-3-5-9-27(15)10-6-4-8-25-21(24-2)26-13-16-11-18-19(29-14-28-18)12-17(16)30-20(22)23/h11-12,15,20H,3-10,13-14H2,1-2H3,(H2,24,25,26). The number of likely N-dealkylation sites (tertiary alicyclic amines) is 1. The largest absolute Gasteiger partial charge is 0.454 e. The molecule has 2 aliphatic rings. The number of nitrogens with zero attached hydrogens (tertiary/aromatic N) is 2. The van der Waals surface area contributed by atoms with Crippen LogP contribution in [-0.4, -0.2) is 57.0 Å². The number of hydrogen-bond donors (Lipinski definition) is 2. The molecular formula is C21H32F2N4O3. The molecule has 0 saturated carbocycles. The van der Waals surface area contributed by atoms with Gasteiger partial charge >= 0.3 is 6.61 Å². The maximum atomic E-state index is 12.8. The van der Waals surface area contributed by atoms with E-state index in [9.17, 15) is 8.78 Å². The van der Waals surface area contributed by atoms with Crippen molar-refractivity contribution in [1.82, 2.24) is 15.5 Å². The van der Waals surface area contributed by atoms with Crippen LogP contribution in [0.3, 0.4) is 0 Å². The van der Waals surface area contributed by atoms with E-state index in [0.717, 1.165) is 25.9 Å². The van der Waals surface area contributed by atoms with Crippen LogP contribution in [0.25, 0.3) is 0 Å². The zero-order chi connectivity index (χ0) is 21.3. The number of aliphatic imine (C=N–C) groups is 1. The molecule has 30 heavy (non-hydrogen) atoms. The first kappa shape index (κ1) is 22.4. The molecule has 1 fully saturated rings. The van der Waals surface area contributed by atoms with E-state index in [0.29, 0.717) is 29.1 Å². The number of guanidine groups is 1. The quantitative estimate of drug-likeness (QED) is 0.359. The minimum Gasteiger partial charge on any atom is -0.454 e. The van der Waals surface area contributed by atoms with E-state index in [4.69, 9.17) is 9.47 Å². The SMILES string of the molecule is CN=C(NCCCCN1CCCCC1C)NCc1cc2c(cc1OC(F)F)OCO2. The Balaban J connectivity index is 1.44. The van der Waals surface area contributed by atoms with Crippen molar-refractivity contribution in [3.63, 3.8) is 0 Å². The van der Waals surface area contributed by atoms with E-state index in [1.807, 2.05) is 0 Å². The van der Waals surface area contributed by atoms with Gasteiger partial charge in [-0.05, 0) is 51.8 Å². The molecule has 0 spiro atoms. The molecule has 0 radical (unpaired) electrons. The first-order valence-electron chi connectivity index (χ1n) is 10.6. The third-order valence-electron chi connectivity index (χ3n) is 5.55. The third-order valence-corrected chi connectivity index (χ3v) is 5.55. The van der Waals surface area contributed by atoms with Gasteiger partial charge in [-0.2, -0.15) is 8.78 Å². The Hall–Kier alpha value is -2.29. The highest BCUT2D eigenvalue weighted by atomic mass is 19.3. The molecule has 7 nitrogen and oxygen atoms in total. The van der Waals surface area contributed by atoms with Gasteiger partial charge in [0, 0.05) is 37.8 Å². The van der Waals surface area contributed by atoms with Crippen LogP contribution in [0, 0.1) is 0 Å². The molecule has 0 amide bonds. The minimum atomic E-state index is -2.91. The fourth-order valence-corrected chi connectivity index (χ4v) is 3.85. The summed E-state index contributed by atoms with van der Waals surface area (Å²) in [5.41, 5.74) is 0.543. The molecule has 1 atom stereocenters. The van der Waals surface area contributed by atoms with Crippen LogP contribution in [0.4, 0.5) is 8.78 Å². The fraction of sp³-hybridized carbons (Fsp3) is 0.667. The summed E-state index contributed by atoms with van der Waals surface area (Å²) in [6.07, 6.45) is 6.10.